The van der Waals surface area contributed by atoms with Crippen LogP contribution in [0.2, 0.25) is 5.02 Å². The van der Waals surface area contributed by atoms with Crippen LogP contribution in [0.5, 0.6) is 0 Å². The third kappa shape index (κ3) is 4.95. The molecular formula is C22H22ClF3N2O2. The minimum Gasteiger partial charge on any atom is -0.354 e. The van der Waals surface area contributed by atoms with Crippen molar-refractivity contribution < 1.29 is 22.8 Å². The molecule has 1 N–H and O–H groups in total. The molecule has 4 nitrogen and oxygen atoms in total. The molecule has 2 atom stereocenters. The lowest BCUT2D eigenvalue weighted by Gasteiger charge is -2.20. The zero-order chi connectivity index (χ0) is 22.1. The Labute approximate surface area is 178 Å². The summed E-state index contributed by atoms with van der Waals surface area (Å²) in [6.45, 7) is 3.89. The number of nitrogens with one attached hydrogen (secondary N) is 1. The number of hydrogen-bond acceptors (Lipinski definition) is 2. The lowest BCUT2D eigenvalue weighted by atomic mass is 9.87. The van der Waals surface area contributed by atoms with Gasteiger partial charge in [-0.2, -0.15) is 13.2 Å². The summed E-state index contributed by atoms with van der Waals surface area (Å²) in [5.41, 5.74) is 0.0257. The van der Waals surface area contributed by atoms with Crippen molar-refractivity contribution in [3.05, 3.63) is 70.2 Å². The molecule has 2 aromatic carbocycles. The van der Waals surface area contributed by atoms with Crippen molar-refractivity contribution in [1.29, 1.82) is 0 Å². The van der Waals surface area contributed by atoms with Crippen LogP contribution in [0.15, 0.2) is 48.5 Å². The first-order chi connectivity index (χ1) is 14.1. The summed E-state index contributed by atoms with van der Waals surface area (Å²) in [4.78, 5) is 27.2. The summed E-state index contributed by atoms with van der Waals surface area (Å²) in [5.74, 6) is -1.75. The van der Waals surface area contributed by atoms with Gasteiger partial charge in [-0.05, 0) is 49.7 Å². The van der Waals surface area contributed by atoms with Crippen LogP contribution in [0, 0.1) is 5.92 Å². The first-order valence-electron chi connectivity index (χ1n) is 9.58. The van der Waals surface area contributed by atoms with Crippen molar-refractivity contribution in [2.45, 2.75) is 32.0 Å². The van der Waals surface area contributed by atoms with E-state index in [1.54, 1.807) is 30.3 Å². The van der Waals surface area contributed by atoms with Crippen molar-refractivity contribution in [3.8, 4) is 0 Å². The van der Waals surface area contributed by atoms with E-state index in [-0.39, 0.29) is 30.9 Å². The highest BCUT2D eigenvalue weighted by molar-refractivity contribution is 6.30. The molecule has 0 aromatic heterocycles. The monoisotopic (exact) mass is 438 g/mol. The number of carbonyl (C=O) groups is 2. The highest BCUT2D eigenvalue weighted by atomic mass is 35.5. The second kappa shape index (κ2) is 8.68. The van der Waals surface area contributed by atoms with Gasteiger partial charge in [-0.1, -0.05) is 29.8 Å². The lowest BCUT2D eigenvalue weighted by molar-refractivity contribution is -0.137. The highest BCUT2D eigenvalue weighted by Gasteiger charge is 2.41. The third-order valence-corrected chi connectivity index (χ3v) is 5.36. The van der Waals surface area contributed by atoms with E-state index >= 15 is 0 Å². The Bertz CT molecular complexity index is 929. The van der Waals surface area contributed by atoms with Crippen molar-refractivity contribution in [1.82, 2.24) is 10.2 Å². The van der Waals surface area contributed by atoms with Crippen LogP contribution in [0.3, 0.4) is 0 Å². The van der Waals surface area contributed by atoms with E-state index in [0.29, 0.717) is 16.1 Å². The molecule has 2 aromatic rings. The Hall–Kier alpha value is -2.54. The summed E-state index contributed by atoms with van der Waals surface area (Å²) >= 11 is 5.87. The van der Waals surface area contributed by atoms with Gasteiger partial charge < -0.3 is 10.2 Å². The number of hydrogen-bond donors (Lipinski definition) is 1. The SMILES string of the molecule is CC(C)NC(=O)C1CN(C(=O)c2ccc(Cl)cc2)CC1c1cccc(C(F)(F)F)c1. The van der Waals surface area contributed by atoms with E-state index in [2.05, 4.69) is 5.32 Å². The van der Waals surface area contributed by atoms with Crippen LogP contribution < -0.4 is 5.32 Å². The van der Waals surface area contributed by atoms with Gasteiger partial charge in [0.2, 0.25) is 5.91 Å². The molecule has 1 aliphatic rings. The van der Waals surface area contributed by atoms with Crippen LogP contribution in [0.1, 0.15) is 41.3 Å². The fourth-order valence-electron chi connectivity index (χ4n) is 3.69. The standard InChI is InChI=1S/C22H22ClF3N2O2/c1-13(2)27-20(29)19-12-28(21(30)14-6-8-17(23)9-7-14)11-18(19)15-4-3-5-16(10-15)22(24,25)26/h3-10,13,18-19H,11-12H2,1-2H3,(H,27,29). The van der Waals surface area contributed by atoms with Gasteiger partial charge in [0.15, 0.2) is 0 Å². The third-order valence-electron chi connectivity index (χ3n) is 5.11. The molecule has 2 unspecified atom stereocenters. The van der Waals surface area contributed by atoms with E-state index in [1.807, 2.05) is 13.8 Å². The van der Waals surface area contributed by atoms with Gasteiger partial charge in [-0.3, -0.25) is 9.59 Å². The molecule has 1 heterocycles. The van der Waals surface area contributed by atoms with Crippen LogP contribution >= 0.6 is 11.6 Å². The number of rotatable bonds is 4. The first-order valence-corrected chi connectivity index (χ1v) is 9.96. The van der Waals surface area contributed by atoms with Gasteiger partial charge in [0.1, 0.15) is 0 Å². The zero-order valence-corrected chi connectivity index (χ0v) is 17.3. The topological polar surface area (TPSA) is 49.4 Å². The van der Waals surface area contributed by atoms with Gasteiger partial charge >= 0.3 is 6.18 Å². The molecule has 0 spiro atoms. The maximum Gasteiger partial charge on any atom is 0.416 e. The molecule has 1 fully saturated rings. The number of halogens is 4. The van der Waals surface area contributed by atoms with Crippen molar-refractivity contribution in [2.24, 2.45) is 5.92 Å². The smallest absolute Gasteiger partial charge is 0.354 e. The van der Waals surface area contributed by atoms with Gasteiger partial charge in [0, 0.05) is 35.6 Å². The summed E-state index contributed by atoms with van der Waals surface area (Å²) in [7, 11) is 0. The van der Waals surface area contributed by atoms with Crippen LogP contribution in [0.25, 0.3) is 0 Å². The molecule has 30 heavy (non-hydrogen) atoms. The van der Waals surface area contributed by atoms with E-state index in [0.717, 1.165) is 12.1 Å². The van der Waals surface area contributed by atoms with E-state index < -0.39 is 23.6 Å². The number of carbonyl (C=O) groups excluding carboxylic acids is 2. The fraction of sp³-hybridized carbons (Fsp3) is 0.364. The predicted octanol–water partition coefficient (Wildman–Crippen LogP) is 4.74. The predicted molar refractivity (Wildman–Crippen MR) is 108 cm³/mol. The van der Waals surface area contributed by atoms with E-state index in [9.17, 15) is 22.8 Å². The van der Waals surface area contributed by atoms with E-state index in [1.165, 1.54) is 11.0 Å². The number of benzene rings is 2. The van der Waals surface area contributed by atoms with Crippen molar-refractivity contribution in [3.63, 3.8) is 0 Å². The molecule has 0 radical (unpaired) electrons. The Balaban J connectivity index is 1.92. The number of amides is 2. The van der Waals surface area contributed by atoms with E-state index in [4.69, 9.17) is 11.6 Å². The number of alkyl halides is 3. The molecule has 8 heteroatoms. The Morgan fingerprint density at radius 3 is 2.37 bits per heavy atom. The average molecular weight is 439 g/mol. The van der Waals surface area contributed by atoms with Crippen molar-refractivity contribution >= 4 is 23.4 Å². The molecule has 0 aliphatic carbocycles. The summed E-state index contributed by atoms with van der Waals surface area (Å²) in [5, 5.41) is 3.31. The quantitative estimate of drug-likeness (QED) is 0.749. The van der Waals surface area contributed by atoms with Gasteiger partial charge in [-0.25, -0.2) is 0 Å². The lowest BCUT2D eigenvalue weighted by Crippen LogP contribution is -2.39. The number of likely N-dealkylation sites (tertiary alicyclic amines) is 1. The maximum atomic E-state index is 13.2. The van der Waals surface area contributed by atoms with Crippen molar-refractivity contribution in [2.75, 3.05) is 13.1 Å². The minimum absolute atomic E-state index is 0.124. The second-order valence-electron chi connectivity index (χ2n) is 7.72. The summed E-state index contributed by atoms with van der Waals surface area (Å²) in [6, 6.07) is 11.2. The van der Waals surface area contributed by atoms with Crippen LogP contribution in [-0.4, -0.2) is 35.8 Å². The molecule has 3 rings (SSSR count). The molecule has 0 bridgehead atoms. The highest BCUT2D eigenvalue weighted by Crippen LogP contribution is 2.37. The first kappa shape index (κ1) is 22.2. The Morgan fingerprint density at radius 1 is 1.10 bits per heavy atom. The molecule has 2 amide bonds. The number of nitrogens with zero attached hydrogens (tertiary/aromatic N) is 1. The largest absolute Gasteiger partial charge is 0.416 e. The van der Waals surface area contributed by atoms with Gasteiger partial charge in [0.25, 0.3) is 5.91 Å². The molecular weight excluding hydrogens is 417 g/mol. The summed E-state index contributed by atoms with van der Waals surface area (Å²) in [6.07, 6.45) is -4.48. The van der Waals surface area contributed by atoms with Gasteiger partial charge in [-0.15, -0.1) is 0 Å². The molecule has 160 valence electrons. The second-order valence-corrected chi connectivity index (χ2v) is 8.15. The molecule has 1 saturated heterocycles. The molecule has 0 saturated carbocycles. The van der Waals surface area contributed by atoms with Crippen LogP contribution in [-0.2, 0) is 11.0 Å². The summed E-state index contributed by atoms with van der Waals surface area (Å²) < 4.78 is 39.6. The van der Waals surface area contributed by atoms with Gasteiger partial charge in [0.05, 0.1) is 11.5 Å². The maximum absolute atomic E-state index is 13.2. The Kier molecular flexibility index (Phi) is 6.41. The minimum atomic E-state index is -4.48. The van der Waals surface area contributed by atoms with Crippen LogP contribution in [0.4, 0.5) is 13.2 Å². The fourth-order valence-corrected chi connectivity index (χ4v) is 3.81. The Morgan fingerprint density at radius 2 is 1.77 bits per heavy atom. The molecule has 1 aliphatic heterocycles. The normalized spacial score (nSPS) is 19.2. The zero-order valence-electron chi connectivity index (χ0n) is 16.5. The average Bonchev–Trinajstić information content (AvgIpc) is 3.12.